The summed E-state index contributed by atoms with van der Waals surface area (Å²) in [5.74, 6) is 0.695. The van der Waals surface area contributed by atoms with Crippen LogP contribution in [-0.2, 0) is 34.0 Å². The number of carbonyl (C=O) groups is 2. The Kier molecular flexibility index (Phi) is 5.24. The smallest absolute Gasteiger partial charge is 0.226 e. The minimum Gasteiger partial charge on any atom is -0.381 e. The molecule has 0 spiro atoms. The molecule has 7 nitrogen and oxygen atoms in total. The van der Waals surface area contributed by atoms with Crippen molar-refractivity contribution >= 4 is 11.8 Å². The van der Waals surface area contributed by atoms with Gasteiger partial charge in [0.05, 0.1) is 24.5 Å². The lowest BCUT2D eigenvalue weighted by molar-refractivity contribution is -0.138. The van der Waals surface area contributed by atoms with Crippen LogP contribution in [0.3, 0.4) is 0 Å². The Bertz CT molecular complexity index is 662. The first-order chi connectivity index (χ1) is 12.7. The van der Waals surface area contributed by atoms with E-state index in [-0.39, 0.29) is 17.7 Å². The maximum Gasteiger partial charge on any atom is 0.226 e. The summed E-state index contributed by atoms with van der Waals surface area (Å²) >= 11 is 0. The van der Waals surface area contributed by atoms with Crippen LogP contribution in [0.15, 0.2) is 6.07 Å². The van der Waals surface area contributed by atoms with Gasteiger partial charge in [0.2, 0.25) is 11.8 Å². The summed E-state index contributed by atoms with van der Waals surface area (Å²) in [6.07, 6.45) is 5.78. The molecule has 1 saturated heterocycles. The largest absolute Gasteiger partial charge is 0.381 e. The maximum atomic E-state index is 12.6. The van der Waals surface area contributed by atoms with Gasteiger partial charge >= 0.3 is 0 Å². The Morgan fingerprint density at radius 1 is 1.12 bits per heavy atom. The second-order valence-corrected chi connectivity index (χ2v) is 7.70. The average Bonchev–Trinajstić information content (AvgIpc) is 2.89. The van der Waals surface area contributed by atoms with Gasteiger partial charge in [-0.3, -0.25) is 14.3 Å². The summed E-state index contributed by atoms with van der Waals surface area (Å²) in [5, 5.41) is 7.65. The zero-order valence-electron chi connectivity index (χ0n) is 15.3. The van der Waals surface area contributed by atoms with Gasteiger partial charge in [-0.1, -0.05) is 6.42 Å². The Morgan fingerprint density at radius 3 is 2.65 bits per heavy atom. The number of ether oxygens (including phenoxy) is 1. The summed E-state index contributed by atoms with van der Waals surface area (Å²) in [4.78, 5) is 26.8. The molecule has 1 aromatic heterocycles. The van der Waals surface area contributed by atoms with Crippen LogP contribution in [0.2, 0.25) is 0 Å². The van der Waals surface area contributed by atoms with Crippen molar-refractivity contribution in [2.75, 3.05) is 19.8 Å². The van der Waals surface area contributed by atoms with E-state index in [9.17, 15) is 9.59 Å². The van der Waals surface area contributed by atoms with E-state index in [1.165, 1.54) is 6.42 Å². The quantitative estimate of drug-likeness (QED) is 0.882. The molecule has 3 aliphatic rings. The van der Waals surface area contributed by atoms with Crippen LogP contribution in [-0.4, -0.2) is 46.3 Å². The number of hydrogen-bond acceptors (Lipinski definition) is 4. The Morgan fingerprint density at radius 2 is 1.92 bits per heavy atom. The Labute approximate surface area is 154 Å². The topological polar surface area (TPSA) is 76.5 Å². The first-order valence-electron chi connectivity index (χ1n) is 9.90. The van der Waals surface area contributed by atoms with E-state index in [2.05, 4.69) is 10.4 Å². The highest BCUT2D eigenvalue weighted by Gasteiger charge is 2.31. The number of fused-ring (bicyclic) bond motifs is 1. The van der Waals surface area contributed by atoms with Gasteiger partial charge in [0.15, 0.2) is 0 Å². The van der Waals surface area contributed by atoms with Crippen molar-refractivity contribution in [3.8, 4) is 0 Å². The molecular weight excluding hydrogens is 332 g/mol. The second-order valence-electron chi connectivity index (χ2n) is 7.70. The number of rotatable bonds is 4. The van der Waals surface area contributed by atoms with E-state index in [1.807, 2.05) is 15.6 Å². The zero-order valence-corrected chi connectivity index (χ0v) is 15.3. The molecule has 4 rings (SSSR count). The maximum absolute atomic E-state index is 12.6. The number of carbonyl (C=O) groups excluding carboxylic acids is 2. The summed E-state index contributed by atoms with van der Waals surface area (Å²) in [5.41, 5.74) is 1.95. The van der Waals surface area contributed by atoms with E-state index in [0.29, 0.717) is 32.2 Å². The van der Waals surface area contributed by atoms with Gasteiger partial charge in [0.25, 0.3) is 0 Å². The van der Waals surface area contributed by atoms with Crippen molar-refractivity contribution in [3.63, 3.8) is 0 Å². The fourth-order valence-electron chi connectivity index (χ4n) is 3.99. The van der Waals surface area contributed by atoms with Crippen LogP contribution >= 0.6 is 0 Å². The van der Waals surface area contributed by atoms with Crippen molar-refractivity contribution in [2.24, 2.45) is 11.8 Å². The normalized spacial score (nSPS) is 21.6. The molecule has 7 heteroatoms. The first-order valence-corrected chi connectivity index (χ1v) is 9.90. The summed E-state index contributed by atoms with van der Waals surface area (Å²) < 4.78 is 7.31. The van der Waals surface area contributed by atoms with Crippen LogP contribution in [0, 0.1) is 11.8 Å². The van der Waals surface area contributed by atoms with Gasteiger partial charge in [0.1, 0.15) is 0 Å². The van der Waals surface area contributed by atoms with Gasteiger partial charge in [-0.2, -0.15) is 5.10 Å². The molecule has 2 fully saturated rings. The van der Waals surface area contributed by atoms with Gasteiger partial charge in [-0.15, -0.1) is 0 Å². The lowest BCUT2D eigenvalue weighted by Crippen LogP contribution is -2.38. The molecule has 2 aliphatic heterocycles. The fourth-order valence-corrected chi connectivity index (χ4v) is 3.99. The minimum atomic E-state index is 0.0554. The van der Waals surface area contributed by atoms with Crippen LogP contribution in [0.5, 0.6) is 0 Å². The van der Waals surface area contributed by atoms with Crippen LogP contribution < -0.4 is 5.32 Å². The number of nitrogens with zero attached hydrogens (tertiary/aromatic N) is 3. The molecule has 1 N–H and O–H groups in total. The monoisotopic (exact) mass is 360 g/mol. The number of nitrogens with one attached hydrogen (secondary N) is 1. The molecule has 3 heterocycles. The molecule has 142 valence electrons. The van der Waals surface area contributed by atoms with Crippen LogP contribution in [0.25, 0.3) is 0 Å². The van der Waals surface area contributed by atoms with E-state index in [4.69, 9.17) is 4.74 Å². The number of amides is 2. The van der Waals surface area contributed by atoms with Gasteiger partial charge < -0.3 is 15.0 Å². The van der Waals surface area contributed by atoms with E-state index in [1.54, 1.807) is 0 Å². The van der Waals surface area contributed by atoms with Gasteiger partial charge in [-0.05, 0) is 38.2 Å². The van der Waals surface area contributed by atoms with Crippen molar-refractivity contribution in [1.82, 2.24) is 20.0 Å². The molecule has 0 atom stereocenters. The van der Waals surface area contributed by atoms with Crippen molar-refractivity contribution in [3.05, 3.63) is 17.5 Å². The van der Waals surface area contributed by atoms with Crippen molar-refractivity contribution < 1.29 is 14.3 Å². The van der Waals surface area contributed by atoms with E-state index in [0.717, 1.165) is 56.6 Å². The highest BCUT2D eigenvalue weighted by Crippen LogP contribution is 2.29. The van der Waals surface area contributed by atoms with Crippen molar-refractivity contribution in [1.29, 1.82) is 0 Å². The lowest BCUT2D eigenvalue weighted by Gasteiger charge is -2.30. The second kappa shape index (κ2) is 7.78. The molecule has 0 unspecified atom stereocenters. The highest BCUT2D eigenvalue weighted by atomic mass is 16.5. The first kappa shape index (κ1) is 17.5. The highest BCUT2D eigenvalue weighted by molar-refractivity contribution is 5.79. The van der Waals surface area contributed by atoms with Crippen LogP contribution in [0.1, 0.15) is 49.9 Å². The summed E-state index contributed by atoms with van der Waals surface area (Å²) in [6, 6.07) is 2.04. The van der Waals surface area contributed by atoms with Gasteiger partial charge in [-0.25, -0.2) is 0 Å². The summed E-state index contributed by atoms with van der Waals surface area (Å²) in [7, 11) is 0. The van der Waals surface area contributed by atoms with Crippen molar-refractivity contribution in [2.45, 2.75) is 58.2 Å². The Hall–Kier alpha value is -1.89. The van der Waals surface area contributed by atoms with Gasteiger partial charge in [0, 0.05) is 38.1 Å². The molecule has 26 heavy (non-hydrogen) atoms. The molecule has 0 radical (unpaired) electrons. The standard InChI is InChI=1S/C19H28N4O3/c24-18(14-5-9-26-10-6-14)20-12-16-11-17-13-22(7-2-8-23(17)21-16)19(25)15-3-1-4-15/h11,14-15H,1-10,12-13H2,(H,20,24). The molecule has 0 bridgehead atoms. The molecular formula is C19H28N4O3. The number of aromatic nitrogens is 2. The predicted octanol–water partition coefficient (Wildman–Crippen LogP) is 1.46. The van der Waals surface area contributed by atoms with Crippen LogP contribution in [0.4, 0.5) is 0 Å². The zero-order chi connectivity index (χ0) is 17.9. The molecule has 0 aromatic carbocycles. The minimum absolute atomic E-state index is 0.0554. The third-order valence-corrected chi connectivity index (χ3v) is 5.87. The molecule has 1 aromatic rings. The average molecular weight is 360 g/mol. The third kappa shape index (κ3) is 3.77. The SMILES string of the molecule is O=C(NCc1cc2n(n1)CCCN(C(=O)C1CCC1)C2)C1CCOCC1. The predicted molar refractivity (Wildman–Crippen MR) is 95.0 cm³/mol. The Balaban J connectivity index is 1.35. The fraction of sp³-hybridized carbons (Fsp3) is 0.737. The summed E-state index contributed by atoms with van der Waals surface area (Å²) in [6.45, 7) is 4.07. The lowest BCUT2D eigenvalue weighted by atomic mass is 9.84. The number of hydrogen-bond donors (Lipinski definition) is 1. The third-order valence-electron chi connectivity index (χ3n) is 5.87. The molecule has 2 amide bonds. The molecule has 1 aliphatic carbocycles. The van der Waals surface area contributed by atoms with E-state index >= 15 is 0 Å². The number of aryl methyl sites for hydroxylation is 1. The molecule has 1 saturated carbocycles. The van der Waals surface area contributed by atoms with E-state index < -0.39 is 0 Å².